The van der Waals surface area contributed by atoms with Gasteiger partial charge in [-0.2, -0.15) is 0 Å². The van der Waals surface area contributed by atoms with Gasteiger partial charge in [-0.25, -0.2) is 4.90 Å². The minimum atomic E-state index is -0.538. The van der Waals surface area contributed by atoms with E-state index in [1.54, 1.807) is 18.2 Å². The van der Waals surface area contributed by atoms with Crippen LogP contribution >= 0.6 is 0 Å². The number of hydrogen-bond donors (Lipinski definition) is 1. The number of fused-ring (bicyclic) bond motifs is 1. The van der Waals surface area contributed by atoms with E-state index >= 15 is 0 Å². The maximum absolute atomic E-state index is 12.9. The van der Waals surface area contributed by atoms with Crippen molar-refractivity contribution in [1.82, 2.24) is 5.32 Å². The third-order valence-electron chi connectivity index (χ3n) is 5.00. The summed E-state index contributed by atoms with van der Waals surface area (Å²) in [5.74, 6) is -1.65. The number of carbonyl (C=O) groups is 4. The van der Waals surface area contributed by atoms with Gasteiger partial charge in [0.2, 0.25) is 0 Å². The van der Waals surface area contributed by atoms with Crippen LogP contribution in [0.1, 0.15) is 50.8 Å². The number of rotatable bonds is 5. The van der Waals surface area contributed by atoms with E-state index in [0.29, 0.717) is 18.7 Å². The third kappa shape index (κ3) is 3.81. The number of ether oxygens (including phenoxy) is 2. The highest BCUT2D eigenvalue weighted by molar-refractivity contribution is 6.34. The molecular formula is C22H20N2O6. The first kappa shape index (κ1) is 19.8. The van der Waals surface area contributed by atoms with E-state index in [2.05, 4.69) is 5.32 Å². The van der Waals surface area contributed by atoms with E-state index in [4.69, 9.17) is 9.47 Å². The fourth-order valence-electron chi connectivity index (χ4n) is 3.58. The van der Waals surface area contributed by atoms with Gasteiger partial charge in [0, 0.05) is 31.7 Å². The highest BCUT2D eigenvalue weighted by Crippen LogP contribution is 2.31. The molecule has 0 radical (unpaired) electrons. The summed E-state index contributed by atoms with van der Waals surface area (Å²) < 4.78 is 10.5. The molecular weight excluding hydrogens is 388 g/mol. The van der Waals surface area contributed by atoms with Crippen LogP contribution in [0.25, 0.3) is 0 Å². The summed E-state index contributed by atoms with van der Waals surface area (Å²) in [7, 11) is 0. The highest BCUT2D eigenvalue weighted by atomic mass is 16.5. The lowest BCUT2D eigenvalue weighted by molar-refractivity contribution is -0.131. The Morgan fingerprint density at radius 2 is 1.93 bits per heavy atom. The van der Waals surface area contributed by atoms with E-state index in [0.717, 1.165) is 17.7 Å². The van der Waals surface area contributed by atoms with Gasteiger partial charge in [-0.15, -0.1) is 0 Å². The Morgan fingerprint density at radius 1 is 1.13 bits per heavy atom. The molecule has 154 valence electrons. The Kier molecular flexibility index (Phi) is 5.33. The van der Waals surface area contributed by atoms with Crippen molar-refractivity contribution in [2.45, 2.75) is 25.9 Å². The van der Waals surface area contributed by atoms with Gasteiger partial charge in [0.25, 0.3) is 17.7 Å². The highest BCUT2D eigenvalue weighted by Gasteiger charge is 2.37. The standard InChI is InChI=1S/C22H20N2O6/c1-13(25)30-16-5-2-4-15(11-16)24-21(27)18-8-7-14(10-19(18)22(24)28)20(26)23-12-17-6-3-9-29-17/h2,4-5,7-8,10-11,17H,3,6,9,12H2,1H3,(H,23,26)/t17-/m0/s1. The molecule has 2 heterocycles. The molecule has 0 bridgehead atoms. The van der Waals surface area contributed by atoms with Gasteiger partial charge in [-0.1, -0.05) is 6.07 Å². The van der Waals surface area contributed by atoms with Gasteiger partial charge in [0.15, 0.2) is 0 Å². The van der Waals surface area contributed by atoms with Gasteiger partial charge in [0.1, 0.15) is 5.75 Å². The first-order valence-electron chi connectivity index (χ1n) is 9.65. The first-order valence-corrected chi connectivity index (χ1v) is 9.65. The smallest absolute Gasteiger partial charge is 0.308 e. The topological polar surface area (TPSA) is 102 Å². The number of esters is 1. The van der Waals surface area contributed by atoms with Crippen molar-refractivity contribution in [3.63, 3.8) is 0 Å². The second-order valence-electron chi connectivity index (χ2n) is 7.14. The number of hydrogen-bond acceptors (Lipinski definition) is 6. The van der Waals surface area contributed by atoms with Crippen LogP contribution in [-0.2, 0) is 9.53 Å². The Bertz CT molecular complexity index is 1040. The van der Waals surface area contributed by atoms with Crippen molar-refractivity contribution in [2.24, 2.45) is 0 Å². The number of imide groups is 1. The molecule has 0 saturated carbocycles. The molecule has 2 aromatic rings. The third-order valence-corrected chi connectivity index (χ3v) is 5.00. The number of carbonyl (C=O) groups excluding carboxylic acids is 4. The SMILES string of the molecule is CC(=O)Oc1cccc(N2C(=O)c3ccc(C(=O)NC[C@@H]4CCCO4)cc3C2=O)c1. The second kappa shape index (κ2) is 8.08. The van der Waals surface area contributed by atoms with Crippen LogP contribution in [0, 0.1) is 0 Å². The molecule has 0 unspecified atom stereocenters. The summed E-state index contributed by atoms with van der Waals surface area (Å²) in [5.41, 5.74) is 0.948. The average Bonchev–Trinajstić information content (AvgIpc) is 3.32. The van der Waals surface area contributed by atoms with Gasteiger partial charge >= 0.3 is 5.97 Å². The normalized spacial score (nSPS) is 17.8. The van der Waals surface area contributed by atoms with E-state index in [1.165, 1.54) is 31.2 Å². The second-order valence-corrected chi connectivity index (χ2v) is 7.14. The minimum absolute atomic E-state index is 0.00609. The lowest BCUT2D eigenvalue weighted by Gasteiger charge is -2.14. The molecule has 1 N–H and O–H groups in total. The first-order chi connectivity index (χ1) is 14.4. The van der Waals surface area contributed by atoms with Gasteiger partial charge < -0.3 is 14.8 Å². The van der Waals surface area contributed by atoms with Gasteiger partial charge in [-0.3, -0.25) is 19.2 Å². The largest absolute Gasteiger partial charge is 0.427 e. The molecule has 2 aromatic carbocycles. The molecule has 0 spiro atoms. The van der Waals surface area contributed by atoms with Crippen LogP contribution in [0.15, 0.2) is 42.5 Å². The summed E-state index contributed by atoms with van der Waals surface area (Å²) in [6.45, 7) is 2.36. The number of nitrogens with one attached hydrogen (secondary N) is 1. The van der Waals surface area contributed by atoms with E-state index < -0.39 is 17.8 Å². The molecule has 4 rings (SSSR count). The number of amides is 3. The van der Waals surface area contributed by atoms with Crippen LogP contribution in [0.2, 0.25) is 0 Å². The van der Waals surface area contributed by atoms with Crippen molar-refractivity contribution in [3.8, 4) is 5.75 Å². The van der Waals surface area contributed by atoms with Crippen LogP contribution in [-0.4, -0.2) is 42.9 Å². The quantitative estimate of drug-likeness (QED) is 0.463. The molecule has 8 nitrogen and oxygen atoms in total. The number of benzene rings is 2. The molecule has 2 aliphatic rings. The Balaban J connectivity index is 1.54. The molecule has 3 amide bonds. The lowest BCUT2D eigenvalue weighted by Crippen LogP contribution is -2.31. The maximum Gasteiger partial charge on any atom is 0.308 e. The van der Waals surface area contributed by atoms with Crippen molar-refractivity contribution in [2.75, 3.05) is 18.1 Å². The summed E-state index contributed by atoms with van der Waals surface area (Å²) >= 11 is 0. The molecule has 0 aromatic heterocycles. The number of nitrogens with zero attached hydrogens (tertiary/aromatic N) is 1. The lowest BCUT2D eigenvalue weighted by atomic mass is 10.1. The van der Waals surface area contributed by atoms with E-state index in [9.17, 15) is 19.2 Å². The Morgan fingerprint density at radius 3 is 2.67 bits per heavy atom. The molecule has 30 heavy (non-hydrogen) atoms. The molecule has 2 aliphatic heterocycles. The Hall–Kier alpha value is -3.52. The zero-order chi connectivity index (χ0) is 21.3. The zero-order valence-electron chi connectivity index (χ0n) is 16.3. The van der Waals surface area contributed by atoms with Crippen molar-refractivity contribution in [1.29, 1.82) is 0 Å². The van der Waals surface area contributed by atoms with Gasteiger partial charge in [-0.05, 0) is 43.2 Å². The summed E-state index contributed by atoms with van der Waals surface area (Å²) in [6.07, 6.45) is 1.88. The monoisotopic (exact) mass is 408 g/mol. The molecule has 8 heteroatoms. The summed E-state index contributed by atoms with van der Waals surface area (Å²) in [4.78, 5) is 50.4. The van der Waals surface area contributed by atoms with Crippen LogP contribution in [0.5, 0.6) is 5.75 Å². The molecule has 1 fully saturated rings. The predicted molar refractivity (Wildman–Crippen MR) is 107 cm³/mol. The van der Waals surface area contributed by atoms with Crippen LogP contribution in [0.4, 0.5) is 5.69 Å². The van der Waals surface area contributed by atoms with E-state index in [1.807, 2.05) is 0 Å². The van der Waals surface area contributed by atoms with Crippen molar-refractivity contribution >= 4 is 29.4 Å². The fourth-order valence-corrected chi connectivity index (χ4v) is 3.58. The van der Waals surface area contributed by atoms with E-state index in [-0.39, 0.29) is 34.6 Å². The average molecular weight is 408 g/mol. The summed E-state index contributed by atoms with van der Waals surface area (Å²) in [5, 5.41) is 2.80. The molecule has 1 atom stereocenters. The van der Waals surface area contributed by atoms with Crippen molar-refractivity contribution in [3.05, 3.63) is 59.2 Å². The molecule has 0 aliphatic carbocycles. The number of anilines is 1. The van der Waals surface area contributed by atoms with Gasteiger partial charge in [0.05, 0.1) is 22.9 Å². The van der Waals surface area contributed by atoms with Crippen LogP contribution in [0.3, 0.4) is 0 Å². The van der Waals surface area contributed by atoms with Crippen molar-refractivity contribution < 1.29 is 28.7 Å². The summed E-state index contributed by atoms with van der Waals surface area (Å²) in [6, 6.07) is 10.6. The predicted octanol–water partition coefficient (Wildman–Crippen LogP) is 2.32. The zero-order valence-corrected chi connectivity index (χ0v) is 16.3. The minimum Gasteiger partial charge on any atom is -0.427 e. The Labute approximate surface area is 172 Å². The molecule has 1 saturated heterocycles. The maximum atomic E-state index is 12.9. The fraction of sp³-hybridized carbons (Fsp3) is 0.273. The van der Waals surface area contributed by atoms with Crippen LogP contribution < -0.4 is 15.0 Å².